The van der Waals surface area contributed by atoms with Gasteiger partial charge < -0.3 is 4.57 Å². The molecule has 1 heterocycles. The maximum absolute atomic E-state index is 12.6. The van der Waals surface area contributed by atoms with Crippen molar-refractivity contribution >= 4 is 10.9 Å². The molecule has 0 atom stereocenters. The largest absolute Gasteiger partial charge is 0.311 e. The van der Waals surface area contributed by atoms with Gasteiger partial charge in [-0.1, -0.05) is 48.5 Å². The van der Waals surface area contributed by atoms with Crippen LogP contribution in [0.3, 0.4) is 0 Å². The fraction of sp³-hybridized carbons (Fsp3) is 0.0588. The number of hydrogen-bond acceptors (Lipinski definition) is 2. The van der Waals surface area contributed by atoms with Gasteiger partial charge in [0.25, 0.3) is 5.56 Å². The predicted octanol–water partition coefficient (Wildman–Crippen LogP) is 3.08. The molecule has 0 radical (unpaired) electrons. The Morgan fingerprint density at radius 1 is 1.00 bits per heavy atom. The minimum Gasteiger partial charge on any atom is -0.311 e. The lowest BCUT2D eigenvalue weighted by atomic mass is 9.98. The molecule has 3 heteroatoms. The molecule has 0 unspecified atom stereocenters. The molecule has 2 aromatic carbocycles. The Hall–Kier alpha value is -2.86. The van der Waals surface area contributed by atoms with Crippen LogP contribution in [0.1, 0.15) is 5.56 Å². The second-order valence-corrected chi connectivity index (χ2v) is 4.61. The van der Waals surface area contributed by atoms with E-state index in [1.807, 2.05) is 54.6 Å². The fourth-order valence-electron chi connectivity index (χ4n) is 2.48. The molecule has 3 rings (SSSR count). The zero-order valence-electron chi connectivity index (χ0n) is 11.0. The van der Waals surface area contributed by atoms with E-state index in [4.69, 9.17) is 0 Å². The summed E-state index contributed by atoms with van der Waals surface area (Å²) >= 11 is 0. The van der Waals surface area contributed by atoms with Crippen LogP contribution in [0.25, 0.3) is 22.0 Å². The number of para-hydroxylation sites is 1. The first-order valence-corrected chi connectivity index (χ1v) is 6.31. The summed E-state index contributed by atoms with van der Waals surface area (Å²) in [6.45, 7) is 0. The van der Waals surface area contributed by atoms with Gasteiger partial charge >= 0.3 is 0 Å². The number of nitrogens with zero attached hydrogens (tertiary/aromatic N) is 2. The summed E-state index contributed by atoms with van der Waals surface area (Å²) in [6.07, 6.45) is 0. The predicted molar refractivity (Wildman–Crippen MR) is 79.3 cm³/mol. The van der Waals surface area contributed by atoms with Gasteiger partial charge in [0.1, 0.15) is 6.07 Å². The molecule has 0 aliphatic heterocycles. The topological polar surface area (TPSA) is 45.8 Å². The number of aryl methyl sites for hydroxylation is 1. The van der Waals surface area contributed by atoms with Gasteiger partial charge in [0.15, 0.2) is 0 Å². The molecule has 0 saturated heterocycles. The Bertz CT molecular complexity index is 886. The highest BCUT2D eigenvalue weighted by atomic mass is 16.1. The van der Waals surface area contributed by atoms with Gasteiger partial charge in [-0.25, -0.2) is 0 Å². The first kappa shape index (κ1) is 12.2. The van der Waals surface area contributed by atoms with Crippen LogP contribution < -0.4 is 5.56 Å². The molecule has 96 valence electrons. The first-order chi connectivity index (χ1) is 9.74. The number of rotatable bonds is 1. The van der Waals surface area contributed by atoms with E-state index < -0.39 is 0 Å². The van der Waals surface area contributed by atoms with Gasteiger partial charge in [0, 0.05) is 12.4 Å². The highest BCUT2D eigenvalue weighted by Crippen LogP contribution is 2.26. The third-order valence-electron chi connectivity index (χ3n) is 3.48. The van der Waals surface area contributed by atoms with Crippen molar-refractivity contribution in [2.45, 2.75) is 0 Å². The maximum Gasteiger partial charge on any atom is 0.260 e. The van der Waals surface area contributed by atoms with Crippen molar-refractivity contribution in [3.8, 4) is 17.2 Å². The molecule has 0 aliphatic carbocycles. The standard InChI is InChI=1S/C17H12N2O/c1-19-15-10-6-5-9-13(15)14(11-18)16(17(19)20)12-7-3-2-4-8-12/h2-10H,1H3. The van der Waals surface area contributed by atoms with E-state index in [0.717, 1.165) is 16.5 Å². The Morgan fingerprint density at radius 2 is 1.65 bits per heavy atom. The van der Waals surface area contributed by atoms with Crippen molar-refractivity contribution in [3.63, 3.8) is 0 Å². The van der Waals surface area contributed by atoms with E-state index in [0.29, 0.717) is 11.1 Å². The molecular formula is C17H12N2O. The molecular weight excluding hydrogens is 248 g/mol. The Balaban J connectivity index is 2.54. The lowest BCUT2D eigenvalue weighted by Gasteiger charge is -2.11. The Kier molecular flexibility index (Phi) is 2.85. The highest BCUT2D eigenvalue weighted by molar-refractivity contribution is 5.91. The number of pyridine rings is 1. The molecule has 0 bridgehead atoms. The molecule has 1 aromatic heterocycles. The van der Waals surface area contributed by atoms with Gasteiger partial charge in [-0.2, -0.15) is 5.26 Å². The average molecular weight is 260 g/mol. The van der Waals surface area contributed by atoms with E-state index in [1.165, 1.54) is 0 Å². The minimum absolute atomic E-state index is 0.147. The van der Waals surface area contributed by atoms with Crippen LogP contribution in [0, 0.1) is 11.3 Å². The van der Waals surface area contributed by atoms with E-state index in [2.05, 4.69) is 6.07 Å². The first-order valence-electron chi connectivity index (χ1n) is 6.31. The summed E-state index contributed by atoms with van der Waals surface area (Å²) in [7, 11) is 1.73. The zero-order valence-corrected chi connectivity index (χ0v) is 11.0. The summed E-state index contributed by atoms with van der Waals surface area (Å²) in [4.78, 5) is 12.6. The van der Waals surface area contributed by atoms with Crippen LogP contribution in [0.15, 0.2) is 59.4 Å². The van der Waals surface area contributed by atoms with Crippen LogP contribution >= 0.6 is 0 Å². The third-order valence-corrected chi connectivity index (χ3v) is 3.48. The van der Waals surface area contributed by atoms with E-state index in [1.54, 1.807) is 11.6 Å². The maximum atomic E-state index is 12.6. The molecule has 20 heavy (non-hydrogen) atoms. The Morgan fingerprint density at radius 3 is 2.35 bits per heavy atom. The second-order valence-electron chi connectivity index (χ2n) is 4.61. The lowest BCUT2D eigenvalue weighted by molar-refractivity contribution is 0.907. The molecule has 3 aromatic rings. The summed E-state index contributed by atoms with van der Waals surface area (Å²) in [5.74, 6) is 0. The summed E-state index contributed by atoms with van der Waals surface area (Å²) in [5.41, 5.74) is 2.31. The number of benzene rings is 2. The SMILES string of the molecule is Cn1c(=O)c(-c2ccccc2)c(C#N)c2ccccc21. The van der Waals surface area contributed by atoms with Crippen molar-refractivity contribution in [2.24, 2.45) is 7.05 Å². The molecule has 0 spiro atoms. The van der Waals surface area contributed by atoms with Crippen molar-refractivity contribution in [3.05, 3.63) is 70.5 Å². The summed E-state index contributed by atoms with van der Waals surface area (Å²) < 4.78 is 1.60. The molecule has 3 nitrogen and oxygen atoms in total. The monoisotopic (exact) mass is 260 g/mol. The van der Waals surface area contributed by atoms with Gasteiger partial charge in [0.2, 0.25) is 0 Å². The Labute approximate surface area is 116 Å². The summed E-state index contributed by atoms with van der Waals surface area (Å²) in [5, 5.41) is 10.3. The van der Waals surface area contributed by atoms with Crippen molar-refractivity contribution in [2.75, 3.05) is 0 Å². The molecule has 0 N–H and O–H groups in total. The second kappa shape index (κ2) is 4.67. The van der Waals surface area contributed by atoms with E-state index >= 15 is 0 Å². The van der Waals surface area contributed by atoms with Crippen LogP contribution in [-0.2, 0) is 7.05 Å². The van der Waals surface area contributed by atoms with Crippen molar-refractivity contribution in [1.82, 2.24) is 4.57 Å². The normalized spacial score (nSPS) is 10.4. The third kappa shape index (κ3) is 1.70. The quantitative estimate of drug-likeness (QED) is 0.675. The summed E-state index contributed by atoms with van der Waals surface area (Å²) in [6, 6.07) is 19.0. The number of fused-ring (bicyclic) bond motifs is 1. The van der Waals surface area contributed by atoms with Gasteiger partial charge in [-0.05, 0) is 11.6 Å². The minimum atomic E-state index is -0.147. The van der Waals surface area contributed by atoms with Gasteiger partial charge in [0.05, 0.1) is 16.6 Å². The van der Waals surface area contributed by atoms with Crippen molar-refractivity contribution in [1.29, 1.82) is 5.26 Å². The number of aromatic nitrogens is 1. The molecule has 0 amide bonds. The van der Waals surface area contributed by atoms with Crippen LogP contribution in [0.5, 0.6) is 0 Å². The number of hydrogen-bond donors (Lipinski definition) is 0. The molecule has 0 saturated carbocycles. The zero-order chi connectivity index (χ0) is 14.1. The van der Waals surface area contributed by atoms with Gasteiger partial charge in [-0.15, -0.1) is 0 Å². The molecule has 0 aliphatic rings. The molecule has 0 fully saturated rings. The van der Waals surface area contributed by atoms with Crippen LogP contribution in [-0.4, -0.2) is 4.57 Å². The van der Waals surface area contributed by atoms with Crippen LogP contribution in [0.2, 0.25) is 0 Å². The van der Waals surface area contributed by atoms with Crippen LogP contribution in [0.4, 0.5) is 0 Å². The lowest BCUT2D eigenvalue weighted by Crippen LogP contribution is -2.20. The fourth-order valence-corrected chi connectivity index (χ4v) is 2.48. The number of nitriles is 1. The average Bonchev–Trinajstić information content (AvgIpc) is 2.51. The van der Waals surface area contributed by atoms with E-state index in [-0.39, 0.29) is 5.56 Å². The smallest absolute Gasteiger partial charge is 0.260 e. The van der Waals surface area contributed by atoms with Gasteiger partial charge in [-0.3, -0.25) is 4.79 Å². The van der Waals surface area contributed by atoms with Crippen molar-refractivity contribution < 1.29 is 0 Å². The highest BCUT2D eigenvalue weighted by Gasteiger charge is 2.15. The van der Waals surface area contributed by atoms with E-state index in [9.17, 15) is 10.1 Å².